The Balaban J connectivity index is 2.72. The van der Waals surface area contributed by atoms with E-state index in [0.717, 1.165) is 0 Å². The molecule has 0 bridgehead atoms. The minimum absolute atomic E-state index is 0.103. The van der Waals surface area contributed by atoms with E-state index < -0.39 is 17.7 Å². The molecular weight excluding hydrogens is 228 g/mol. The average molecular weight is 236 g/mol. The van der Waals surface area contributed by atoms with E-state index in [1.807, 2.05) is 0 Å². The van der Waals surface area contributed by atoms with E-state index in [2.05, 4.69) is 9.72 Å². The molecule has 0 N–H and O–H groups in total. The Morgan fingerprint density at radius 2 is 2.33 bits per heavy atom. The second-order valence-electron chi connectivity index (χ2n) is 2.60. The summed E-state index contributed by atoms with van der Waals surface area (Å²) < 4.78 is 48.6. The van der Waals surface area contributed by atoms with Gasteiger partial charge in [-0.25, -0.2) is 4.98 Å². The number of nitrogens with zero attached hydrogens (tertiary/aromatic N) is 1. The molecule has 0 aliphatic carbocycles. The van der Waals surface area contributed by atoms with Gasteiger partial charge in [0, 0.05) is 17.5 Å². The predicted octanol–water partition coefficient (Wildman–Crippen LogP) is 1.10. The highest BCUT2D eigenvalue weighted by Crippen LogP contribution is 2.17. The topological polar surface area (TPSA) is 62.2 Å². The molecule has 84 valence electrons. The first-order chi connectivity index (χ1) is 7.09. The molecule has 0 aliphatic rings. The SMILES string of the molecule is O=S([O-])CCc1cccnc1OC(F)F. The van der Waals surface area contributed by atoms with Gasteiger partial charge in [0.1, 0.15) is 0 Å². The van der Waals surface area contributed by atoms with E-state index in [0.29, 0.717) is 5.56 Å². The van der Waals surface area contributed by atoms with Gasteiger partial charge < -0.3 is 9.29 Å². The van der Waals surface area contributed by atoms with Gasteiger partial charge in [-0.2, -0.15) is 8.78 Å². The fourth-order valence-corrected chi connectivity index (χ4v) is 1.38. The average Bonchev–Trinajstić information content (AvgIpc) is 2.15. The first kappa shape index (κ1) is 12.0. The summed E-state index contributed by atoms with van der Waals surface area (Å²) in [7, 11) is 0. The van der Waals surface area contributed by atoms with E-state index in [9.17, 15) is 17.5 Å². The molecule has 1 aromatic heterocycles. The van der Waals surface area contributed by atoms with Gasteiger partial charge in [-0.3, -0.25) is 4.21 Å². The highest BCUT2D eigenvalue weighted by molar-refractivity contribution is 7.79. The van der Waals surface area contributed by atoms with Crippen LogP contribution in [0.1, 0.15) is 5.56 Å². The Hall–Kier alpha value is -1.08. The van der Waals surface area contributed by atoms with Crippen LogP contribution in [0.15, 0.2) is 18.3 Å². The highest BCUT2D eigenvalue weighted by Gasteiger charge is 2.09. The molecule has 1 rings (SSSR count). The van der Waals surface area contributed by atoms with Crippen molar-refractivity contribution in [1.82, 2.24) is 4.98 Å². The van der Waals surface area contributed by atoms with Crippen molar-refractivity contribution in [2.45, 2.75) is 13.0 Å². The Labute approximate surface area is 87.6 Å². The van der Waals surface area contributed by atoms with Crippen LogP contribution < -0.4 is 4.74 Å². The summed E-state index contributed by atoms with van der Waals surface area (Å²) in [5.74, 6) is -0.372. The standard InChI is InChI=1S/C8H9F2NO3S/c9-8(10)14-7-6(2-1-4-11-7)3-5-15(12)13/h1-2,4,8H,3,5H2,(H,12,13)/p-1. The monoisotopic (exact) mass is 236 g/mol. The summed E-state index contributed by atoms with van der Waals surface area (Å²) in [6.45, 7) is -2.96. The molecule has 1 atom stereocenters. The van der Waals surface area contributed by atoms with Gasteiger partial charge in [0.05, 0.1) is 0 Å². The normalized spacial score (nSPS) is 12.8. The van der Waals surface area contributed by atoms with Crippen molar-refractivity contribution in [2.75, 3.05) is 5.75 Å². The van der Waals surface area contributed by atoms with Crippen LogP contribution in [0.3, 0.4) is 0 Å². The molecule has 4 nitrogen and oxygen atoms in total. The van der Waals surface area contributed by atoms with Crippen molar-refractivity contribution < 1.29 is 22.3 Å². The molecule has 1 aromatic rings. The van der Waals surface area contributed by atoms with Gasteiger partial charge >= 0.3 is 6.61 Å². The van der Waals surface area contributed by atoms with Crippen LogP contribution in [-0.4, -0.2) is 26.1 Å². The smallest absolute Gasteiger partial charge is 0.388 e. The number of ether oxygens (including phenoxy) is 1. The number of pyridine rings is 1. The summed E-state index contributed by atoms with van der Waals surface area (Å²) in [5.41, 5.74) is 0.349. The van der Waals surface area contributed by atoms with Crippen LogP contribution in [-0.2, 0) is 17.5 Å². The molecule has 0 saturated carbocycles. The first-order valence-corrected chi connectivity index (χ1v) is 5.28. The van der Waals surface area contributed by atoms with Crippen LogP contribution in [0.2, 0.25) is 0 Å². The number of rotatable bonds is 5. The molecule has 0 saturated heterocycles. The first-order valence-electron chi connectivity index (χ1n) is 4.04. The molecule has 15 heavy (non-hydrogen) atoms. The maximum Gasteiger partial charge on any atom is 0.388 e. The third-order valence-corrected chi connectivity index (χ3v) is 2.13. The van der Waals surface area contributed by atoms with E-state index in [1.54, 1.807) is 0 Å². The molecule has 0 amide bonds. The Bertz CT molecular complexity index is 348. The zero-order valence-electron chi connectivity index (χ0n) is 7.56. The summed E-state index contributed by atoms with van der Waals surface area (Å²) in [4.78, 5) is 3.59. The van der Waals surface area contributed by atoms with Crippen LogP contribution in [0.5, 0.6) is 5.88 Å². The number of hydrogen-bond donors (Lipinski definition) is 0. The number of aromatic nitrogens is 1. The summed E-state index contributed by atoms with van der Waals surface area (Å²) in [5, 5.41) is 0. The van der Waals surface area contributed by atoms with Gasteiger partial charge in [-0.05, 0) is 12.5 Å². The van der Waals surface area contributed by atoms with Gasteiger partial charge in [-0.15, -0.1) is 0 Å². The minimum Gasteiger partial charge on any atom is -0.772 e. The van der Waals surface area contributed by atoms with Crippen molar-refractivity contribution in [2.24, 2.45) is 0 Å². The largest absolute Gasteiger partial charge is 0.772 e. The molecule has 0 spiro atoms. The summed E-state index contributed by atoms with van der Waals surface area (Å²) in [6.07, 6.45) is 1.40. The zero-order chi connectivity index (χ0) is 11.3. The van der Waals surface area contributed by atoms with E-state index in [-0.39, 0.29) is 18.1 Å². The zero-order valence-corrected chi connectivity index (χ0v) is 8.38. The fourth-order valence-electron chi connectivity index (χ4n) is 0.998. The number of aryl methyl sites for hydroxylation is 1. The Morgan fingerprint density at radius 3 is 2.93 bits per heavy atom. The number of alkyl halides is 2. The lowest BCUT2D eigenvalue weighted by Crippen LogP contribution is -2.08. The summed E-state index contributed by atoms with van der Waals surface area (Å²) >= 11 is -2.21. The maximum atomic E-state index is 11.9. The third-order valence-electron chi connectivity index (χ3n) is 1.59. The molecule has 1 heterocycles. The molecular formula is C8H8F2NO3S-. The fraction of sp³-hybridized carbons (Fsp3) is 0.375. The predicted molar refractivity (Wildman–Crippen MR) is 48.4 cm³/mol. The molecule has 0 radical (unpaired) electrons. The Kier molecular flexibility index (Phi) is 4.57. The molecule has 0 aliphatic heterocycles. The van der Waals surface area contributed by atoms with Crippen LogP contribution in [0, 0.1) is 0 Å². The lowest BCUT2D eigenvalue weighted by Gasteiger charge is -2.09. The lowest BCUT2D eigenvalue weighted by atomic mass is 10.2. The van der Waals surface area contributed by atoms with Crippen LogP contribution in [0.25, 0.3) is 0 Å². The van der Waals surface area contributed by atoms with Gasteiger partial charge in [0.25, 0.3) is 0 Å². The van der Waals surface area contributed by atoms with Crippen LogP contribution >= 0.6 is 0 Å². The molecule has 0 fully saturated rings. The lowest BCUT2D eigenvalue weighted by molar-refractivity contribution is -0.0534. The molecule has 1 unspecified atom stereocenters. The van der Waals surface area contributed by atoms with Crippen LogP contribution in [0.4, 0.5) is 8.78 Å². The second-order valence-corrected chi connectivity index (χ2v) is 3.62. The van der Waals surface area contributed by atoms with Crippen molar-refractivity contribution in [3.63, 3.8) is 0 Å². The Morgan fingerprint density at radius 1 is 1.60 bits per heavy atom. The van der Waals surface area contributed by atoms with Gasteiger partial charge in [0.2, 0.25) is 5.88 Å². The van der Waals surface area contributed by atoms with Crippen molar-refractivity contribution in [3.8, 4) is 5.88 Å². The molecule has 7 heteroatoms. The quantitative estimate of drug-likeness (QED) is 0.718. The van der Waals surface area contributed by atoms with E-state index in [1.165, 1.54) is 18.3 Å². The minimum atomic E-state index is -2.96. The van der Waals surface area contributed by atoms with Crippen molar-refractivity contribution in [3.05, 3.63) is 23.9 Å². The van der Waals surface area contributed by atoms with Gasteiger partial charge in [0.15, 0.2) is 0 Å². The third kappa shape index (κ3) is 4.30. The number of halogens is 2. The van der Waals surface area contributed by atoms with Crippen molar-refractivity contribution >= 4 is 11.1 Å². The van der Waals surface area contributed by atoms with Crippen molar-refractivity contribution in [1.29, 1.82) is 0 Å². The summed E-state index contributed by atoms with van der Waals surface area (Å²) in [6, 6.07) is 3.03. The molecule has 0 aromatic carbocycles. The number of hydrogen-bond acceptors (Lipinski definition) is 4. The van der Waals surface area contributed by atoms with E-state index >= 15 is 0 Å². The highest BCUT2D eigenvalue weighted by atomic mass is 32.2. The second kappa shape index (κ2) is 5.72. The van der Waals surface area contributed by atoms with E-state index in [4.69, 9.17) is 0 Å². The van der Waals surface area contributed by atoms with Gasteiger partial charge in [-0.1, -0.05) is 17.1 Å². The maximum absolute atomic E-state index is 11.9.